The van der Waals surface area contributed by atoms with Crippen LogP contribution in [0.15, 0.2) is 79.1 Å². The van der Waals surface area contributed by atoms with Crippen LogP contribution in [0.4, 0.5) is 0 Å². The average molecular weight is 432 g/mol. The Bertz CT molecular complexity index is 992. The van der Waals surface area contributed by atoms with Gasteiger partial charge in [-0.3, -0.25) is 14.6 Å². The van der Waals surface area contributed by atoms with Crippen LogP contribution in [-0.4, -0.2) is 28.8 Å². The van der Waals surface area contributed by atoms with E-state index < -0.39 is 6.04 Å². The van der Waals surface area contributed by atoms with E-state index in [0.717, 1.165) is 22.4 Å². The number of rotatable bonds is 10. The highest BCUT2D eigenvalue weighted by Crippen LogP contribution is 2.25. The summed E-state index contributed by atoms with van der Waals surface area (Å²) in [7, 11) is 1.62. The van der Waals surface area contributed by atoms with Gasteiger partial charge in [0.2, 0.25) is 11.8 Å². The third-order valence-corrected chi connectivity index (χ3v) is 5.19. The molecule has 166 valence electrons. The Labute approximate surface area is 189 Å². The molecular weight excluding hydrogens is 402 g/mol. The lowest BCUT2D eigenvalue weighted by Crippen LogP contribution is -2.43. The molecule has 0 bridgehead atoms. The summed E-state index contributed by atoms with van der Waals surface area (Å²) in [4.78, 5) is 32.3. The first-order valence-electron chi connectivity index (χ1n) is 10.8. The van der Waals surface area contributed by atoms with Crippen molar-refractivity contribution in [3.63, 3.8) is 0 Å². The highest BCUT2D eigenvalue weighted by molar-refractivity contribution is 5.88. The average Bonchev–Trinajstić information content (AvgIpc) is 2.84. The smallest absolute Gasteiger partial charge is 0.247 e. The molecule has 1 N–H and O–H groups in total. The van der Waals surface area contributed by atoms with E-state index in [0.29, 0.717) is 25.9 Å². The molecule has 0 aliphatic heterocycles. The van der Waals surface area contributed by atoms with Crippen molar-refractivity contribution in [3.8, 4) is 5.75 Å². The van der Waals surface area contributed by atoms with Crippen LogP contribution in [0.2, 0.25) is 0 Å². The first kappa shape index (κ1) is 23.0. The summed E-state index contributed by atoms with van der Waals surface area (Å²) < 4.78 is 5.24. The van der Waals surface area contributed by atoms with E-state index >= 15 is 0 Å². The molecule has 32 heavy (non-hydrogen) atoms. The van der Waals surface area contributed by atoms with Gasteiger partial charge in [-0.15, -0.1) is 0 Å². The predicted molar refractivity (Wildman–Crippen MR) is 124 cm³/mol. The quantitative estimate of drug-likeness (QED) is 0.520. The van der Waals surface area contributed by atoms with Crippen LogP contribution in [-0.2, 0) is 22.7 Å². The Morgan fingerprint density at radius 2 is 1.66 bits per heavy atom. The topological polar surface area (TPSA) is 71.5 Å². The van der Waals surface area contributed by atoms with Crippen LogP contribution in [0.1, 0.15) is 42.5 Å². The first-order valence-corrected chi connectivity index (χ1v) is 10.8. The van der Waals surface area contributed by atoms with Gasteiger partial charge in [-0.1, -0.05) is 49.4 Å². The Balaban J connectivity index is 1.90. The minimum absolute atomic E-state index is 0.0590. The van der Waals surface area contributed by atoms with Gasteiger partial charge in [-0.2, -0.15) is 0 Å². The van der Waals surface area contributed by atoms with Crippen molar-refractivity contribution in [2.75, 3.05) is 7.11 Å². The second kappa shape index (κ2) is 11.6. The maximum absolute atomic E-state index is 13.4. The van der Waals surface area contributed by atoms with Crippen LogP contribution in [0.25, 0.3) is 0 Å². The number of ether oxygens (including phenoxy) is 1. The number of amides is 2. The number of nitrogens with zero attached hydrogens (tertiary/aromatic N) is 2. The molecule has 0 radical (unpaired) electrons. The summed E-state index contributed by atoms with van der Waals surface area (Å²) in [6.07, 6.45) is 4.46. The van der Waals surface area contributed by atoms with Gasteiger partial charge in [-0.25, -0.2) is 0 Å². The SMILES string of the molecule is CCCC(=O)N(Cc1ccc(OC)cc1)[C@H](C(=O)NCc1ccncc1)c1ccccc1. The van der Waals surface area contributed by atoms with E-state index in [1.165, 1.54) is 0 Å². The molecule has 1 aromatic heterocycles. The van der Waals surface area contributed by atoms with Crippen molar-refractivity contribution in [2.45, 2.75) is 38.9 Å². The lowest BCUT2D eigenvalue weighted by Gasteiger charge is -2.31. The maximum Gasteiger partial charge on any atom is 0.247 e. The minimum atomic E-state index is -0.737. The fourth-order valence-corrected chi connectivity index (χ4v) is 3.50. The maximum atomic E-state index is 13.4. The third-order valence-electron chi connectivity index (χ3n) is 5.19. The summed E-state index contributed by atoms with van der Waals surface area (Å²) >= 11 is 0. The molecule has 1 heterocycles. The number of nitrogens with one attached hydrogen (secondary N) is 1. The number of pyridine rings is 1. The second-order valence-electron chi connectivity index (χ2n) is 7.51. The van der Waals surface area contributed by atoms with Crippen LogP contribution >= 0.6 is 0 Å². The van der Waals surface area contributed by atoms with Crippen molar-refractivity contribution in [2.24, 2.45) is 0 Å². The van der Waals surface area contributed by atoms with Crippen molar-refractivity contribution < 1.29 is 14.3 Å². The molecule has 3 rings (SSSR count). The predicted octanol–water partition coefficient (Wildman–Crippen LogP) is 4.28. The molecular formula is C26H29N3O3. The van der Waals surface area contributed by atoms with Crippen LogP contribution in [0, 0.1) is 0 Å². The fraction of sp³-hybridized carbons (Fsp3) is 0.269. The van der Waals surface area contributed by atoms with Gasteiger partial charge in [0.25, 0.3) is 0 Å². The standard InChI is InChI=1S/C26H29N3O3/c1-3-7-24(30)29(19-21-10-12-23(32-2)13-11-21)25(22-8-5-4-6-9-22)26(31)28-18-20-14-16-27-17-15-20/h4-6,8-17,25H,3,7,18-19H2,1-2H3,(H,28,31)/t25-/m0/s1. The number of hydrogen-bond donors (Lipinski definition) is 1. The Morgan fingerprint density at radius 1 is 0.969 bits per heavy atom. The first-order chi connectivity index (χ1) is 15.6. The molecule has 0 fully saturated rings. The summed E-state index contributed by atoms with van der Waals surface area (Å²) in [6, 6.07) is 20.0. The number of benzene rings is 2. The molecule has 0 spiro atoms. The molecule has 0 aliphatic carbocycles. The summed E-state index contributed by atoms with van der Waals surface area (Å²) in [5.74, 6) is 0.470. The number of aromatic nitrogens is 1. The fourth-order valence-electron chi connectivity index (χ4n) is 3.50. The van der Waals surface area contributed by atoms with E-state index in [1.807, 2.05) is 73.7 Å². The van der Waals surface area contributed by atoms with E-state index in [4.69, 9.17) is 4.74 Å². The van der Waals surface area contributed by atoms with Crippen molar-refractivity contribution in [3.05, 3.63) is 95.8 Å². The van der Waals surface area contributed by atoms with Crippen LogP contribution in [0.5, 0.6) is 5.75 Å². The van der Waals surface area contributed by atoms with Gasteiger partial charge in [0.15, 0.2) is 0 Å². The number of carbonyl (C=O) groups excluding carboxylic acids is 2. The normalized spacial score (nSPS) is 11.4. The minimum Gasteiger partial charge on any atom is -0.497 e. The zero-order valence-electron chi connectivity index (χ0n) is 18.5. The van der Waals surface area contributed by atoms with Gasteiger partial charge >= 0.3 is 0 Å². The Hall–Kier alpha value is -3.67. The van der Waals surface area contributed by atoms with Gasteiger partial charge in [0.1, 0.15) is 11.8 Å². The molecule has 3 aromatic rings. The van der Waals surface area contributed by atoms with Crippen molar-refractivity contribution >= 4 is 11.8 Å². The number of methoxy groups -OCH3 is 1. The van der Waals surface area contributed by atoms with Gasteiger partial charge < -0.3 is 15.0 Å². The summed E-state index contributed by atoms with van der Waals surface area (Å²) in [5.41, 5.74) is 2.65. The van der Waals surface area contributed by atoms with Crippen molar-refractivity contribution in [1.82, 2.24) is 15.2 Å². The zero-order chi connectivity index (χ0) is 22.8. The molecule has 0 saturated carbocycles. The van der Waals surface area contributed by atoms with Crippen LogP contribution in [0.3, 0.4) is 0 Å². The molecule has 2 amide bonds. The third kappa shape index (κ3) is 6.17. The molecule has 6 heteroatoms. The van der Waals surface area contributed by atoms with Crippen molar-refractivity contribution in [1.29, 1.82) is 0 Å². The largest absolute Gasteiger partial charge is 0.497 e. The molecule has 0 saturated heterocycles. The zero-order valence-corrected chi connectivity index (χ0v) is 18.5. The molecule has 0 aliphatic rings. The van der Waals surface area contributed by atoms with E-state index in [1.54, 1.807) is 24.4 Å². The van der Waals surface area contributed by atoms with Gasteiger partial charge in [0, 0.05) is 31.9 Å². The number of carbonyl (C=O) groups is 2. The second-order valence-corrected chi connectivity index (χ2v) is 7.51. The summed E-state index contributed by atoms with van der Waals surface area (Å²) in [5, 5.41) is 3.00. The Kier molecular flexibility index (Phi) is 8.37. The monoisotopic (exact) mass is 431 g/mol. The number of hydrogen-bond acceptors (Lipinski definition) is 4. The van der Waals surface area contributed by atoms with E-state index in [2.05, 4.69) is 10.3 Å². The Morgan fingerprint density at radius 3 is 2.28 bits per heavy atom. The molecule has 0 unspecified atom stereocenters. The van der Waals surface area contributed by atoms with E-state index in [-0.39, 0.29) is 11.8 Å². The van der Waals surface area contributed by atoms with E-state index in [9.17, 15) is 9.59 Å². The lowest BCUT2D eigenvalue weighted by atomic mass is 10.0. The van der Waals surface area contributed by atoms with Crippen LogP contribution < -0.4 is 10.1 Å². The van der Waals surface area contributed by atoms with Gasteiger partial charge in [-0.05, 0) is 47.4 Å². The van der Waals surface area contributed by atoms with Gasteiger partial charge in [0.05, 0.1) is 7.11 Å². The lowest BCUT2D eigenvalue weighted by molar-refractivity contribution is -0.141. The molecule has 2 aromatic carbocycles. The molecule has 1 atom stereocenters. The molecule has 6 nitrogen and oxygen atoms in total. The highest BCUT2D eigenvalue weighted by Gasteiger charge is 2.31. The highest BCUT2D eigenvalue weighted by atomic mass is 16.5. The summed E-state index contributed by atoms with van der Waals surface area (Å²) in [6.45, 7) is 2.65.